The van der Waals surface area contributed by atoms with Crippen LogP contribution >= 0.6 is 0 Å². The number of aromatic nitrogens is 2. The molecule has 2 aromatic heterocycles. The molecule has 1 saturated heterocycles. The fraction of sp³-hybridized carbons (Fsp3) is 0.381. The first-order valence-electron chi connectivity index (χ1n) is 9.32. The van der Waals surface area contributed by atoms with Crippen molar-refractivity contribution in [2.75, 3.05) is 13.1 Å². The van der Waals surface area contributed by atoms with Crippen LogP contribution in [0.15, 0.2) is 40.9 Å². The third kappa shape index (κ3) is 3.10. The highest BCUT2D eigenvalue weighted by molar-refractivity contribution is 6.06. The molecular formula is C21H24N4O2. The van der Waals surface area contributed by atoms with Crippen LogP contribution in [-0.4, -0.2) is 40.1 Å². The van der Waals surface area contributed by atoms with Crippen LogP contribution in [0.5, 0.6) is 0 Å². The van der Waals surface area contributed by atoms with Crippen molar-refractivity contribution >= 4 is 17.0 Å². The molecule has 27 heavy (non-hydrogen) atoms. The molecule has 1 aliphatic heterocycles. The number of rotatable bonds is 3. The van der Waals surface area contributed by atoms with E-state index in [2.05, 4.69) is 22.3 Å². The summed E-state index contributed by atoms with van der Waals surface area (Å²) in [4.78, 5) is 19.6. The molecule has 3 heterocycles. The Labute approximate surface area is 158 Å². The number of aryl methyl sites for hydroxylation is 1. The molecule has 1 aromatic carbocycles. The Bertz CT molecular complexity index is 981. The quantitative estimate of drug-likeness (QED) is 0.771. The number of hydrogen-bond donors (Lipinski definition) is 1. The molecule has 3 aromatic rings. The lowest BCUT2D eigenvalue weighted by atomic mass is 9.95. The van der Waals surface area contributed by atoms with E-state index in [9.17, 15) is 4.79 Å². The van der Waals surface area contributed by atoms with Gasteiger partial charge in [0.25, 0.3) is 11.6 Å². The van der Waals surface area contributed by atoms with E-state index in [1.165, 1.54) is 5.56 Å². The van der Waals surface area contributed by atoms with Crippen molar-refractivity contribution in [1.82, 2.24) is 15.0 Å². The zero-order chi connectivity index (χ0) is 19.1. The SMILES string of the molecule is Cc1cc(C(=O)N2C[C@@H](N)[C@H](c3ccccc3)C2)c2c(C(C)C)noc2n1. The van der Waals surface area contributed by atoms with Crippen molar-refractivity contribution in [1.29, 1.82) is 0 Å². The van der Waals surface area contributed by atoms with Gasteiger partial charge in [-0.05, 0) is 24.5 Å². The number of amides is 1. The van der Waals surface area contributed by atoms with Gasteiger partial charge in [0, 0.05) is 30.7 Å². The summed E-state index contributed by atoms with van der Waals surface area (Å²) >= 11 is 0. The maximum atomic E-state index is 13.4. The van der Waals surface area contributed by atoms with Crippen LogP contribution in [0.3, 0.4) is 0 Å². The minimum absolute atomic E-state index is 0.0375. The molecule has 140 valence electrons. The minimum atomic E-state index is -0.0816. The summed E-state index contributed by atoms with van der Waals surface area (Å²) in [5.74, 6) is 0.241. The van der Waals surface area contributed by atoms with E-state index < -0.39 is 0 Å². The highest BCUT2D eigenvalue weighted by Gasteiger charge is 2.35. The van der Waals surface area contributed by atoms with Crippen LogP contribution in [0, 0.1) is 6.92 Å². The summed E-state index contributed by atoms with van der Waals surface area (Å²) < 4.78 is 5.40. The van der Waals surface area contributed by atoms with E-state index in [1.807, 2.05) is 49.9 Å². The zero-order valence-electron chi connectivity index (χ0n) is 15.8. The van der Waals surface area contributed by atoms with Gasteiger partial charge in [0.15, 0.2) is 0 Å². The van der Waals surface area contributed by atoms with Gasteiger partial charge >= 0.3 is 0 Å². The van der Waals surface area contributed by atoms with Crippen LogP contribution in [0.2, 0.25) is 0 Å². The van der Waals surface area contributed by atoms with Gasteiger partial charge in [-0.25, -0.2) is 4.98 Å². The lowest BCUT2D eigenvalue weighted by molar-refractivity contribution is 0.0791. The molecule has 1 fully saturated rings. The standard InChI is InChI=1S/C21H24N4O2/c1-12(2)19-18-15(9-13(3)23-20(18)27-24-19)21(26)25-10-16(17(22)11-25)14-7-5-4-6-8-14/h4-9,12,16-17H,10-11,22H2,1-3H3/t16-,17+/m0/s1. The van der Waals surface area contributed by atoms with E-state index >= 15 is 0 Å². The largest absolute Gasteiger partial charge is 0.336 e. The summed E-state index contributed by atoms with van der Waals surface area (Å²) in [6.45, 7) is 7.06. The van der Waals surface area contributed by atoms with Crippen molar-refractivity contribution in [2.24, 2.45) is 5.73 Å². The van der Waals surface area contributed by atoms with Crippen LogP contribution in [0.1, 0.15) is 53.0 Å². The van der Waals surface area contributed by atoms with Crippen molar-refractivity contribution < 1.29 is 9.32 Å². The maximum Gasteiger partial charge on any atom is 0.259 e. The molecule has 0 spiro atoms. The van der Waals surface area contributed by atoms with E-state index in [1.54, 1.807) is 0 Å². The van der Waals surface area contributed by atoms with Crippen LogP contribution < -0.4 is 5.73 Å². The molecule has 0 radical (unpaired) electrons. The maximum absolute atomic E-state index is 13.4. The van der Waals surface area contributed by atoms with E-state index in [4.69, 9.17) is 10.3 Å². The molecule has 0 unspecified atom stereocenters. The Kier molecular flexibility index (Phi) is 4.44. The van der Waals surface area contributed by atoms with Gasteiger partial charge in [0.2, 0.25) is 0 Å². The van der Waals surface area contributed by atoms with Crippen molar-refractivity contribution in [3.63, 3.8) is 0 Å². The van der Waals surface area contributed by atoms with Crippen LogP contribution in [0.25, 0.3) is 11.1 Å². The smallest absolute Gasteiger partial charge is 0.259 e. The fourth-order valence-electron chi connectivity index (χ4n) is 3.88. The molecule has 0 saturated carbocycles. The number of nitrogens with two attached hydrogens (primary N) is 1. The molecule has 1 aliphatic rings. The molecule has 6 nitrogen and oxygen atoms in total. The monoisotopic (exact) mass is 364 g/mol. The van der Waals surface area contributed by atoms with Gasteiger partial charge in [0.05, 0.1) is 16.6 Å². The van der Waals surface area contributed by atoms with Gasteiger partial charge in [-0.3, -0.25) is 4.79 Å². The van der Waals surface area contributed by atoms with Crippen LogP contribution in [0.4, 0.5) is 0 Å². The number of carbonyl (C=O) groups excluding carboxylic acids is 1. The average molecular weight is 364 g/mol. The second-order valence-corrected chi connectivity index (χ2v) is 7.61. The Hall–Kier alpha value is -2.73. The Morgan fingerprint density at radius 1 is 1.26 bits per heavy atom. The Morgan fingerprint density at radius 3 is 2.70 bits per heavy atom. The number of pyridine rings is 1. The lowest BCUT2D eigenvalue weighted by Crippen LogP contribution is -2.32. The van der Waals surface area contributed by atoms with Crippen LogP contribution in [-0.2, 0) is 0 Å². The molecule has 6 heteroatoms. The summed E-state index contributed by atoms with van der Waals surface area (Å²) in [5.41, 5.74) is 10.1. The average Bonchev–Trinajstić information content (AvgIpc) is 3.25. The second-order valence-electron chi connectivity index (χ2n) is 7.61. The number of likely N-dealkylation sites (tertiary alicyclic amines) is 1. The zero-order valence-corrected chi connectivity index (χ0v) is 15.8. The fourth-order valence-corrected chi connectivity index (χ4v) is 3.88. The predicted octanol–water partition coefficient (Wildman–Crippen LogP) is 3.22. The van der Waals surface area contributed by atoms with E-state index in [0.717, 1.165) is 16.8 Å². The van der Waals surface area contributed by atoms with Crippen molar-refractivity contribution in [3.8, 4) is 0 Å². The normalized spacial score (nSPS) is 20.0. The van der Waals surface area contributed by atoms with E-state index in [0.29, 0.717) is 24.4 Å². The van der Waals surface area contributed by atoms with Gasteiger partial charge in [0.1, 0.15) is 0 Å². The van der Waals surface area contributed by atoms with Gasteiger partial charge in [-0.2, -0.15) is 0 Å². The molecule has 1 amide bonds. The van der Waals surface area contributed by atoms with Crippen molar-refractivity contribution in [3.05, 3.63) is 58.9 Å². The van der Waals surface area contributed by atoms with Crippen molar-refractivity contribution in [2.45, 2.75) is 38.6 Å². The number of nitrogens with zero attached hydrogens (tertiary/aromatic N) is 3. The number of hydrogen-bond acceptors (Lipinski definition) is 5. The molecule has 4 rings (SSSR count). The summed E-state index contributed by atoms with van der Waals surface area (Å²) in [6, 6.07) is 11.9. The van der Waals surface area contributed by atoms with Gasteiger partial charge in [-0.1, -0.05) is 49.3 Å². The first kappa shape index (κ1) is 17.7. The number of carbonyl (C=O) groups is 1. The molecule has 2 N–H and O–H groups in total. The minimum Gasteiger partial charge on any atom is -0.336 e. The van der Waals surface area contributed by atoms with Gasteiger partial charge < -0.3 is 15.2 Å². The number of fused-ring (bicyclic) bond motifs is 1. The summed E-state index contributed by atoms with van der Waals surface area (Å²) in [5, 5.41) is 4.87. The first-order valence-corrected chi connectivity index (χ1v) is 9.32. The predicted molar refractivity (Wildman–Crippen MR) is 104 cm³/mol. The topological polar surface area (TPSA) is 85.2 Å². The number of benzene rings is 1. The second kappa shape index (κ2) is 6.78. The molecule has 0 aliphatic carbocycles. The summed E-state index contributed by atoms with van der Waals surface area (Å²) in [7, 11) is 0. The third-order valence-electron chi connectivity index (χ3n) is 5.26. The molecule has 2 atom stereocenters. The Balaban J connectivity index is 1.70. The first-order chi connectivity index (χ1) is 13.0. The molecule has 0 bridgehead atoms. The third-order valence-corrected chi connectivity index (χ3v) is 5.26. The lowest BCUT2D eigenvalue weighted by Gasteiger charge is -2.17. The van der Waals surface area contributed by atoms with Gasteiger partial charge in [-0.15, -0.1) is 0 Å². The highest BCUT2D eigenvalue weighted by Crippen LogP contribution is 2.31. The highest BCUT2D eigenvalue weighted by atomic mass is 16.5. The summed E-state index contributed by atoms with van der Waals surface area (Å²) in [6.07, 6.45) is 0. The molecular weight excluding hydrogens is 340 g/mol. The Morgan fingerprint density at radius 2 is 2.00 bits per heavy atom. The van der Waals surface area contributed by atoms with E-state index in [-0.39, 0.29) is 23.8 Å².